The molecule has 2 aromatic rings. The molecule has 2 amide bonds. The van der Waals surface area contributed by atoms with E-state index in [1.165, 1.54) is 4.90 Å². The van der Waals surface area contributed by atoms with Crippen LogP contribution in [0.5, 0.6) is 0 Å². The minimum atomic E-state index is -4.54. The number of rotatable bonds is 6. The Hall–Kier alpha value is -2.56. The lowest BCUT2D eigenvalue weighted by atomic mass is 9.89. The van der Waals surface area contributed by atoms with Crippen LogP contribution >= 0.6 is 23.4 Å². The van der Waals surface area contributed by atoms with Crippen LogP contribution in [0.3, 0.4) is 0 Å². The fraction of sp³-hybridized carbons (Fsp3) is 0.375. The number of amides is 2. The summed E-state index contributed by atoms with van der Waals surface area (Å²) < 4.78 is 38.5. The number of nitrogens with one attached hydrogen (secondary N) is 1. The van der Waals surface area contributed by atoms with Crippen LogP contribution < -0.4 is 5.32 Å². The molecular weight excluding hydrogens is 501 g/mol. The molecule has 1 N–H and O–H groups in total. The zero-order chi connectivity index (χ0) is 24.7. The number of imide groups is 1. The lowest BCUT2D eigenvalue weighted by Gasteiger charge is -2.26. The molecule has 3 aliphatic rings. The highest BCUT2D eigenvalue weighted by atomic mass is 35.5. The van der Waals surface area contributed by atoms with Gasteiger partial charge in [-0.15, -0.1) is 11.8 Å². The number of aromatic nitrogens is 1. The van der Waals surface area contributed by atoms with Gasteiger partial charge in [-0.1, -0.05) is 54.1 Å². The van der Waals surface area contributed by atoms with E-state index in [1.807, 2.05) is 42.5 Å². The maximum Gasteiger partial charge on any atom is 0.417 e. The topological polar surface area (TPSA) is 65.5 Å². The maximum atomic E-state index is 13.4. The molecule has 3 saturated heterocycles. The van der Waals surface area contributed by atoms with Gasteiger partial charge in [-0.25, -0.2) is 4.98 Å². The first-order valence-corrected chi connectivity index (χ1v) is 12.7. The van der Waals surface area contributed by atoms with Crippen LogP contribution in [-0.2, 0) is 15.8 Å². The van der Waals surface area contributed by atoms with Crippen molar-refractivity contribution in [3.05, 3.63) is 64.8 Å². The molecule has 11 heteroatoms. The summed E-state index contributed by atoms with van der Waals surface area (Å²) in [6, 6.07) is 10.4. The number of nitrogens with zero attached hydrogens (tertiary/aromatic N) is 3. The Morgan fingerprint density at radius 3 is 2.63 bits per heavy atom. The highest BCUT2D eigenvalue weighted by Crippen LogP contribution is 2.47. The summed E-state index contributed by atoms with van der Waals surface area (Å²) in [6.07, 6.45) is 0.172. The van der Waals surface area contributed by atoms with Crippen LogP contribution in [0.1, 0.15) is 11.1 Å². The zero-order valence-corrected chi connectivity index (χ0v) is 20.0. The van der Waals surface area contributed by atoms with E-state index in [0.29, 0.717) is 6.20 Å². The summed E-state index contributed by atoms with van der Waals surface area (Å²) >= 11 is 7.70. The Bertz CT molecular complexity index is 1160. The average molecular weight is 523 g/mol. The van der Waals surface area contributed by atoms with Crippen LogP contribution in [0.4, 0.5) is 19.0 Å². The van der Waals surface area contributed by atoms with E-state index < -0.39 is 23.6 Å². The zero-order valence-electron chi connectivity index (χ0n) is 18.4. The number of anilines is 1. The smallest absolute Gasteiger partial charge is 0.367 e. The van der Waals surface area contributed by atoms with E-state index in [0.717, 1.165) is 23.3 Å². The maximum absolute atomic E-state index is 13.4. The number of fused-ring (bicyclic) bond motifs is 3. The van der Waals surface area contributed by atoms with Crippen LogP contribution in [0.15, 0.2) is 48.7 Å². The second-order valence-electron chi connectivity index (χ2n) is 8.70. The van der Waals surface area contributed by atoms with E-state index in [1.54, 1.807) is 11.8 Å². The van der Waals surface area contributed by atoms with Crippen molar-refractivity contribution < 1.29 is 22.8 Å². The molecule has 0 saturated carbocycles. The van der Waals surface area contributed by atoms with Crippen LogP contribution in [0, 0.1) is 11.8 Å². The van der Waals surface area contributed by atoms with Gasteiger partial charge in [-0.3, -0.25) is 19.4 Å². The number of hydrogen-bond donors (Lipinski definition) is 1. The second kappa shape index (κ2) is 9.48. The third-order valence-corrected chi connectivity index (χ3v) is 8.04. The van der Waals surface area contributed by atoms with Gasteiger partial charge in [0.15, 0.2) is 0 Å². The molecule has 1 aromatic heterocycles. The number of benzene rings is 1. The fourth-order valence-corrected chi connectivity index (χ4v) is 6.62. The van der Waals surface area contributed by atoms with Gasteiger partial charge in [-0.05, 0) is 11.6 Å². The minimum Gasteiger partial charge on any atom is -0.367 e. The Morgan fingerprint density at radius 1 is 1.17 bits per heavy atom. The van der Waals surface area contributed by atoms with Crippen molar-refractivity contribution in [1.29, 1.82) is 0 Å². The molecule has 0 spiro atoms. The lowest BCUT2D eigenvalue weighted by Crippen LogP contribution is -2.43. The van der Waals surface area contributed by atoms with Crippen molar-refractivity contribution >= 4 is 47.1 Å². The van der Waals surface area contributed by atoms with E-state index in [-0.39, 0.29) is 47.8 Å². The summed E-state index contributed by atoms with van der Waals surface area (Å²) in [4.78, 5) is 33.9. The molecule has 5 rings (SSSR count). The number of carbonyl (C=O) groups is 2. The molecule has 3 aliphatic heterocycles. The summed E-state index contributed by atoms with van der Waals surface area (Å²) in [7, 11) is 0. The Kier molecular flexibility index (Phi) is 6.54. The van der Waals surface area contributed by atoms with E-state index in [2.05, 4.69) is 15.2 Å². The number of hydrogen-bond acceptors (Lipinski definition) is 6. The first-order chi connectivity index (χ1) is 16.8. The SMILES string of the molecule is O=C1[C@@H]2[C@H](C(=O)N1CCNc1ncc(C(F)(F)F)cc1Cl)[C@@H]1CSCN1[C@H]2/C=C/c1ccccc1. The molecule has 3 fully saturated rings. The molecule has 0 radical (unpaired) electrons. The van der Waals surface area contributed by atoms with Gasteiger partial charge in [0, 0.05) is 43.0 Å². The van der Waals surface area contributed by atoms with Crippen molar-refractivity contribution in [2.45, 2.75) is 18.3 Å². The van der Waals surface area contributed by atoms with E-state index >= 15 is 0 Å². The molecule has 6 nitrogen and oxygen atoms in total. The molecule has 35 heavy (non-hydrogen) atoms. The van der Waals surface area contributed by atoms with Crippen molar-refractivity contribution in [2.24, 2.45) is 11.8 Å². The second-order valence-corrected chi connectivity index (χ2v) is 10.1. The first-order valence-electron chi connectivity index (χ1n) is 11.1. The highest BCUT2D eigenvalue weighted by Gasteiger charge is 2.62. The summed E-state index contributed by atoms with van der Waals surface area (Å²) in [5, 5.41) is 2.66. The first kappa shape index (κ1) is 24.1. The van der Waals surface area contributed by atoms with Crippen LogP contribution in [0.25, 0.3) is 6.08 Å². The Balaban J connectivity index is 1.28. The predicted octanol–water partition coefficient (Wildman–Crippen LogP) is 4.24. The average Bonchev–Trinajstić information content (AvgIpc) is 3.47. The summed E-state index contributed by atoms with van der Waals surface area (Å²) in [6.45, 7) is 0.210. The number of thioether (sulfide) groups is 1. The van der Waals surface area contributed by atoms with Gasteiger partial charge in [0.05, 0.1) is 22.4 Å². The standard InChI is InChI=1S/C24H22ClF3N4O2S/c25-16-10-15(24(26,27)28)11-30-21(16)29-8-9-31-22(33)19-17(7-6-14-4-2-1-3-5-14)32-13-35-12-18(32)20(19)23(31)34/h1-7,10-11,17-20H,8-9,12-13H2,(H,29,30)/b7-6+/t17-,18-,19-,20+/m0/s1. The molecule has 1 aromatic carbocycles. The quantitative estimate of drug-likeness (QED) is 0.573. The third-order valence-electron chi connectivity index (χ3n) is 6.69. The molecule has 184 valence electrons. The highest BCUT2D eigenvalue weighted by molar-refractivity contribution is 7.99. The van der Waals surface area contributed by atoms with Crippen LogP contribution in [0.2, 0.25) is 5.02 Å². The molecule has 0 aliphatic carbocycles. The van der Waals surface area contributed by atoms with Gasteiger partial charge in [0.1, 0.15) is 5.82 Å². The predicted molar refractivity (Wildman–Crippen MR) is 129 cm³/mol. The molecule has 4 atom stereocenters. The monoisotopic (exact) mass is 522 g/mol. The number of pyridine rings is 1. The fourth-order valence-electron chi connectivity index (χ4n) is 5.07. The Morgan fingerprint density at radius 2 is 1.91 bits per heavy atom. The normalized spacial score (nSPS) is 26.6. The molecule has 4 heterocycles. The molecule has 0 unspecified atom stereocenters. The van der Waals surface area contributed by atoms with Gasteiger partial charge >= 0.3 is 6.18 Å². The van der Waals surface area contributed by atoms with Crippen molar-refractivity contribution in [2.75, 3.05) is 30.0 Å². The number of alkyl halides is 3. The van der Waals surface area contributed by atoms with Gasteiger partial charge in [0.25, 0.3) is 0 Å². The van der Waals surface area contributed by atoms with Gasteiger partial charge in [-0.2, -0.15) is 13.2 Å². The van der Waals surface area contributed by atoms with Crippen molar-refractivity contribution in [1.82, 2.24) is 14.8 Å². The van der Waals surface area contributed by atoms with E-state index in [9.17, 15) is 22.8 Å². The number of likely N-dealkylation sites (tertiary alicyclic amines) is 1. The molecular formula is C24H22ClF3N4O2S. The van der Waals surface area contributed by atoms with E-state index in [4.69, 9.17) is 11.6 Å². The number of halogens is 4. The van der Waals surface area contributed by atoms with Crippen LogP contribution in [-0.4, -0.2) is 63.4 Å². The summed E-state index contributed by atoms with van der Waals surface area (Å²) in [5.74, 6) is 0.406. The third kappa shape index (κ3) is 4.54. The molecule has 0 bridgehead atoms. The minimum absolute atomic E-state index is 0.0101. The van der Waals surface area contributed by atoms with Crippen molar-refractivity contribution in [3.8, 4) is 0 Å². The summed E-state index contributed by atoms with van der Waals surface area (Å²) in [5.41, 5.74) is 0.0810. The number of carbonyl (C=O) groups excluding carboxylic acids is 2. The van der Waals surface area contributed by atoms with Crippen molar-refractivity contribution in [3.63, 3.8) is 0 Å². The lowest BCUT2D eigenvalue weighted by molar-refractivity contribution is -0.141. The van der Waals surface area contributed by atoms with Gasteiger partial charge < -0.3 is 5.32 Å². The largest absolute Gasteiger partial charge is 0.417 e. The van der Waals surface area contributed by atoms with Gasteiger partial charge in [0.2, 0.25) is 11.8 Å². The Labute approximate surface area is 209 Å².